The number of morpholine rings is 1. The SMILES string of the molecule is C.CCC[C@@H]1CN2c3ccc([N+](=O)[O-])cc3CC3(C(=O)NC(=O)NC3=O)[C@H]2[C@H](C)O1. The van der Waals surface area contributed by atoms with Crippen molar-refractivity contribution in [3.8, 4) is 0 Å². The Morgan fingerprint density at radius 1 is 1.27 bits per heavy atom. The van der Waals surface area contributed by atoms with Crippen LogP contribution in [0.4, 0.5) is 16.2 Å². The van der Waals surface area contributed by atoms with Crippen molar-refractivity contribution < 1.29 is 24.0 Å². The number of fused-ring (bicyclic) bond motifs is 4. The molecule has 3 aliphatic heterocycles. The van der Waals surface area contributed by atoms with E-state index in [1.165, 1.54) is 12.1 Å². The van der Waals surface area contributed by atoms with Crippen LogP contribution in [0.25, 0.3) is 0 Å². The molecule has 3 heterocycles. The van der Waals surface area contributed by atoms with Crippen LogP contribution in [0.2, 0.25) is 0 Å². The molecule has 0 unspecified atom stereocenters. The van der Waals surface area contributed by atoms with Crippen molar-refractivity contribution in [1.29, 1.82) is 0 Å². The number of non-ortho nitro benzene ring substituents is 1. The smallest absolute Gasteiger partial charge is 0.328 e. The zero-order valence-electron chi connectivity index (χ0n) is 16.1. The number of barbiturate groups is 1. The van der Waals surface area contributed by atoms with Crippen molar-refractivity contribution in [3.63, 3.8) is 0 Å². The average molecular weight is 418 g/mol. The summed E-state index contributed by atoms with van der Waals surface area (Å²) < 4.78 is 6.13. The molecule has 1 spiro atoms. The molecule has 0 radical (unpaired) electrons. The molecule has 3 atom stereocenters. The number of carbonyl (C=O) groups is 3. The van der Waals surface area contributed by atoms with Crippen molar-refractivity contribution in [3.05, 3.63) is 33.9 Å². The first kappa shape index (κ1) is 21.7. The number of nitro groups is 1. The number of hydrogen-bond donors (Lipinski definition) is 2. The van der Waals surface area contributed by atoms with Crippen molar-refractivity contribution in [2.45, 2.75) is 58.8 Å². The van der Waals surface area contributed by atoms with Gasteiger partial charge in [0.25, 0.3) is 5.69 Å². The normalized spacial score (nSPS) is 26.8. The third-order valence-electron chi connectivity index (χ3n) is 6.02. The third-order valence-corrected chi connectivity index (χ3v) is 6.02. The predicted molar refractivity (Wildman–Crippen MR) is 108 cm³/mol. The van der Waals surface area contributed by atoms with Crippen LogP contribution in [0, 0.1) is 15.5 Å². The van der Waals surface area contributed by atoms with Gasteiger partial charge in [-0.05, 0) is 25.0 Å². The highest BCUT2D eigenvalue weighted by Crippen LogP contribution is 2.47. The van der Waals surface area contributed by atoms with Gasteiger partial charge in [0.15, 0.2) is 5.41 Å². The van der Waals surface area contributed by atoms with Crippen molar-refractivity contribution in [2.24, 2.45) is 5.41 Å². The number of imide groups is 2. The maximum atomic E-state index is 13.0. The minimum atomic E-state index is -1.62. The van der Waals surface area contributed by atoms with Gasteiger partial charge in [0.05, 0.1) is 23.2 Å². The number of urea groups is 1. The van der Waals surface area contributed by atoms with E-state index in [9.17, 15) is 24.5 Å². The first-order chi connectivity index (χ1) is 13.8. The van der Waals surface area contributed by atoms with Crippen molar-refractivity contribution >= 4 is 29.2 Å². The van der Waals surface area contributed by atoms with Gasteiger partial charge in [-0.15, -0.1) is 0 Å². The number of rotatable bonds is 3. The molecule has 4 rings (SSSR count). The molecule has 10 nitrogen and oxygen atoms in total. The Kier molecular flexibility index (Phi) is 5.55. The molecule has 2 saturated heterocycles. The molecule has 2 N–H and O–H groups in total. The fourth-order valence-electron chi connectivity index (χ4n) is 4.91. The number of nitro benzene ring substituents is 1. The number of amides is 4. The quantitative estimate of drug-likeness (QED) is 0.435. The maximum absolute atomic E-state index is 13.0. The van der Waals surface area contributed by atoms with Crippen molar-refractivity contribution in [1.82, 2.24) is 10.6 Å². The maximum Gasteiger partial charge on any atom is 0.328 e. The molecule has 4 amide bonds. The lowest BCUT2D eigenvalue weighted by molar-refractivity contribution is -0.384. The van der Waals surface area contributed by atoms with Gasteiger partial charge in [0.1, 0.15) is 0 Å². The summed E-state index contributed by atoms with van der Waals surface area (Å²) in [6.45, 7) is 4.31. The largest absolute Gasteiger partial charge is 0.371 e. The second-order valence-corrected chi connectivity index (χ2v) is 7.80. The summed E-state index contributed by atoms with van der Waals surface area (Å²) >= 11 is 0. The topological polar surface area (TPSA) is 131 Å². The second-order valence-electron chi connectivity index (χ2n) is 7.80. The number of anilines is 1. The van der Waals surface area contributed by atoms with Gasteiger partial charge >= 0.3 is 6.03 Å². The number of carbonyl (C=O) groups excluding carboxylic acids is 3. The average Bonchev–Trinajstić information content (AvgIpc) is 2.65. The molecule has 0 saturated carbocycles. The minimum absolute atomic E-state index is 0. The summed E-state index contributed by atoms with van der Waals surface area (Å²) in [6, 6.07) is 2.98. The summed E-state index contributed by atoms with van der Waals surface area (Å²) in [7, 11) is 0. The van der Waals surface area contributed by atoms with E-state index in [2.05, 4.69) is 10.6 Å². The monoisotopic (exact) mass is 418 g/mol. The molecule has 3 aliphatic rings. The molecule has 162 valence electrons. The Morgan fingerprint density at radius 2 is 1.93 bits per heavy atom. The van der Waals surface area contributed by atoms with E-state index < -0.39 is 40.3 Å². The van der Waals surface area contributed by atoms with Gasteiger partial charge < -0.3 is 9.64 Å². The lowest BCUT2D eigenvalue weighted by Crippen LogP contribution is -2.75. The molecule has 1 aromatic rings. The Bertz CT molecular complexity index is 897. The summed E-state index contributed by atoms with van der Waals surface area (Å²) in [5, 5.41) is 15.7. The van der Waals surface area contributed by atoms with E-state index in [0.29, 0.717) is 12.1 Å². The minimum Gasteiger partial charge on any atom is -0.371 e. The summed E-state index contributed by atoms with van der Waals surface area (Å²) in [5.74, 6) is -1.41. The summed E-state index contributed by atoms with van der Waals surface area (Å²) in [5.41, 5.74) is -0.455. The number of hydrogen-bond acceptors (Lipinski definition) is 7. The van der Waals surface area contributed by atoms with E-state index >= 15 is 0 Å². The first-order valence-electron chi connectivity index (χ1n) is 9.64. The predicted octanol–water partition coefficient (Wildman–Crippen LogP) is 1.90. The van der Waals surface area contributed by atoms with Gasteiger partial charge in [-0.3, -0.25) is 30.3 Å². The lowest BCUT2D eigenvalue weighted by atomic mass is 9.66. The first-order valence-corrected chi connectivity index (χ1v) is 9.64. The third kappa shape index (κ3) is 3.11. The van der Waals surface area contributed by atoms with Gasteiger partial charge in [-0.2, -0.15) is 0 Å². The second kappa shape index (κ2) is 7.67. The molecular weight excluding hydrogens is 392 g/mol. The van der Waals surface area contributed by atoms with E-state index in [4.69, 9.17) is 4.74 Å². The van der Waals surface area contributed by atoms with Crippen LogP contribution < -0.4 is 15.5 Å². The molecule has 0 bridgehead atoms. The number of ether oxygens (including phenoxy) is 1. The summed E-state index contributed by atoms with van der Waals surface area (Å²) in [4.78, 5) is 50.4. The standard InChI is InChI=1S/C19H22N4O6.CH4/c1-3-4-13-9-22-14-6-5-12(23(27)28)7-11(14)8-19(15(22)10(2)29-13)16(24)20-18(26)21-17(19)25;/h5-7,10,13,15H,3-4,8-9H2,1-2H3,(H2,20,21,24,25,26);1H4/t10-,13+,15+;/m0./s1. The zero-order valence-corrected chi connectivity index (χ0v) is 16.1. The lowest BCUT2D eigenvalue weighted by Gasteiger charge is -2.55. The Morgan fingerprint density at radius 3 is 2.53 bits per heavy atom. The van der Waals surface area contributed by atoms with Gasteiger partial charge in [0.2, 0.25) is 11.8 Å². The van der Waals surface area contributed by atoms with E-state index in [1.807, 2.05) is 18.7 Å². The number of nitrogens with one attached hydrogen (secondary N) is 2. The van der Waals surface area contributed by atoms with Crippen LogP contribution in [-0.4, -0.2) is 47.6 Å². The Labute approximate surface area is 174 Å². The van der Waals surface area contributed by atoms with E-state index in [0.717, 1.165) is 18.5 Å². The number of benzene rings is 1. The highest BCUT2D eigenvalue weighted by molar-refractivity contribution is 6.20. The Hall–Kier alpha value is -3.01. The van der Waals surface area contributed by atoms with Gasteiger partial charge in [-0.1, -0.05) is 20.8 Å². The van der Waals surface area contributed by atoms with E-state index in [1.54, 1.807) is 6.07 Å². The molecule has 2 fully saturated rings. The van der Waals surface area contributed by atoms with Crippen LogP contribution in [0.1, 0.15) is 39.7 Å². The number of nitrogens with zero attached hydrogens (tertiary/aromatic N) is 2. The van der Waals surface area contributed by atoms with Crippen LogP contribution in [-0.2, 0) is 20.7 Å². The van der Waals surface area contributed by atoms with Gasteiger partial charge in [0, 0.05) is 30.8 Å². The zero-order chi connectivity index (χ0) is 20.9. The highest BCUT2D eigenvalue weighted by atomic mass is 16.6. The van der Waals surface area contributed by atoms with Crippen LogP contribution in [0.3, 0.4) is 0 Å². The molecule has 1 aromatic carbocycles. The summed E-state index contributed by atoms with van der Waals surface area (Å²) in [6.07, 6.45) is 1.10. The van der Waals surface area contributed by atoms with Crippen LogP contribution >= 0.6 is 0 Å². The fourth-order valence-corrected chi connectivity index (χ4v) is 4.91. The Balaban J connectivity index is 0.00000256. The fraction of sp³-hybridized carbons (Fsp3) is 0.550. The van der Waals surface area contributed by atoms with E-state index in [-0.39, 0.29) is 25.6 Å². The van der Waals surface area contributed by atoms with Gasteiger partial charge in [-0.25, -0.2) is 4.79 Å². The molecule has 0 aliphatic carbocycles. The molecule has 10 heteroatoms. The molecule has 30 heavy (non-hydrogen) atoms. The van der Waals surface area contributed by atoms with Crippen LogP contribution in [0.5, 0.6) is 0 Å². The van der Waals surface area contributed by atoms with Crippen LogP contribution in [0.15, 0.2) is 18.2 Å². The molecular formula is C20H26N4O6. The highest BCUT2D eigenvalue weighted by Gasteiger charge is 2.63. The molecule has 0 aromatic heterocycles. The van der Waals surface area contributed by atoms with Crippen molar-refractivity contribution in [2.75, 3.05) is 11.4 Å².